The lowest BCUT2D eigenvalue weighted by Crippen LogP contribution is -2.39. The molecule has 0 radical (unpaired) electrons. The van der Waals surface area contributed by atoms with Crippen molar-refractivity contribution in [3.8, 4) is 0 Å². The summed E-state index contributed by atoms with van der Waals surface area (Å²) in [5.74, 6) is 0.621. The van der Waals surface area contributed by atoms with Gasteiger partial charge in [0, 0.05) is 18.1 Å². The number of rotatable bonds is 5. The summed E-state index contributed by atoms with van der Waals surface area (Å²) in [6, 6.07) is 4.95. The Balaban J connectivity index is 2.08. The highest BCUT2D eigenvalue weighted by molar-refractivity contribution is 7.89. The van der Waals surface area contributed by atoms with Gasteiger partial charge in [-0.25, -0.2) is 8.42 Å². The Morgan fingerprint density at radius 1 is 1.33 bits per heavy atom. The first-order valence-corrected chi connectivity index (χ1v) is 9.18. The van der Waals surface area contributed by atoms with Gasteiger partial charge in [0.25, 0.3) is 0 Å². The van der Waals surface area contributed by atoms with Crippen molar-refractivity contribution in [3.05, 3.63) is 28.8 Å². The molecule has 1 fully saturated rings. The topological polar surface area (TPSA) is 49.4 Å². The van der Waals surface area contributed by atoms with E-state index in [9.17, 15) is 8.42 Å². The van der Waals surface area contributed by atoms with Gasteiger partial charge in [-0.05, 0) is 69.5 Å². The predicted molar refractivity (Wildman–Crippen MR) is 86.2 cm³/mol. The molecule has 4 nitrogen and oxygen atoms in total. The van der Waals surface area contributed by atoms with Crippen molar-refractivity contribution < 1.29 is 8.42 Å². The molecule has 1 aliphatic rings. The SMILES string of the molecule is CNCCC1CCN(S(=O)(=O)c2ccc(Cl)cc2C)CC1. The molecule has 1 aliphatic heterocycles. The van der Waals surface area contributed by atoms with Crippen molar-refractivity contribution in [2.45, 2.75) is 31.1 Å². The van der Waals surface area contributed by atoms with E-state index in [0.717, 1.165) is 25.8 Å². The Bertz CT molecular complexity index is 581. The Kier molecular flexibility index (Phi) is 5.66. The summed E-state index contributed by atoms with van der Waals surface area (Å²) in [4.78, 5) is 0.376. The van der Waals surface area contributed by atoms with E-state index in [-0.39, 0.29) is 0 Å². The molecule has 1 N–H and O–H groups in total. The van der Waals surface area contributed by atoms with Crippen LogP contribution in [-0.4, -0.2) is 39.4 Å². The Morgan fingerprint density at radius 2 is 2.00 bits per heavy atom. The zero-order valence-electron chi connectivity index (χ0n) is 12.6. The van der Waals surface area contributed by atoms with Crippen LogP contribution in [0.2, 0.25) is 5.02 Å². The standard InChI is InChI=1S/C15H23ClN2O2S/c1-12-11-14(16)3-4-15(12)21(19,20)18-9-6-13(7-10-18)5-8-17-2/h3-4,11,13,17H,5-10H2,1-2H3. The fourth-order valence-electron chi connectivity index (χ4n) is 2.83. The maximum absolute atomic E-state index is 12.7. The Hall–Kier alpha value is -0.620. The van der Waals surface area contributed by atoms with Crippen LogP contribution in [0.25, 0.3) is 0 Å². The summed E-state index contributed by atoms with van der Waals surface area (Å²) < 4.78 is 27.0. The van der Waals surface area contributed by atoms with Crippen molar-refractivity contribution in [2.75, 3.05) is 26.7 Å². The van der Waals surface area contributed by atoms with Gasteiger partial charge in [0.2, 0.25) is 10.0 Å². The first kappa shape index (κ1) is 16.7. The molecule has 1 heterocycles. The van der Waals surface area contributed by atoms with E-state index in [1.807, 2.05) is 7.05 Å². The second kappa shape index (κ2) is 7.09. The summed E-state index contributed by atoms with van der Waals surface area (Å²) in [5, 5.41) is 3.72. The third-order valence-electron chi connectivity index (χ3n) is 4.13. The van der Waals surface area contributed by atoms with Crippen LogP contribution in [0.15, 0.2) is 23.1 Å². The highest BCUT2D eigenvalue weighted by Gasteiger charge is 2.30. The third kappa shape index (κ3) is 3.97. The van der Waals surface area contributed by atoms with Crippen LogP contribution in [-0.2, 0) is 10.0 Å². The van der Waals surface area contributed by atoms with Crippen LogP contribution in [0, 0.1) is 12.8 Å². The van der Waals surface area contributed by atoms with Crippen LogP contribution >= 0.6 is 11.6 Å². The molecule has 0 saturated carbocycles. The molecule has 0 bridgehead atoms. The van der Waals surface area contributed by atoms with E-state index >= 15 is 0 Å². The van der Waals surface area contributed by atoms with Gasteiger partial charge in [-0.2, -0.15) is 4.31 Å². The lowest BCUT2D eigenvalue weighted by Gasteiger charge is -2.31. The van der Waals surface area contributed by atoms with Crippen LogP contribution in [0.3, 0.4) is 0 Å². The minimum atomic E-state index is -3.39. The molecule has 0 aromatic heterocycles. The van der Waals surface area contributed by atoms with Crippen molar-refractivity contribution in [3.63, 3.8) is 0 Å². The predicted octanol–water partition coefficient (Wildman–Crippen LogP) is 2.66. The summed E-state index contributed by atoms with van der Waals surface area (Å²) in [7, 11) is -1.45. The quantitative estimate of drug-likeness (QED) is 0.903. The van der Waals surface area contributed by atoms with Crippen LogP contribution in [0.1, 0.15) is 24.8 Å². The maximum atomic E-state index is 12.7. The second-order valence-corrected chi connectivity index (χ2v) is 7.99. The molecule has 1 saturated heterocycles. The first-order valence-electron chi connectivity index (χ1n) is 7.36. The van der Waals surface area contributed by atoms with Crippen molar-refractivity contribution in [1.29, 1.82) is 0 Å². The van der Waals surface area contributed by atoms with E-state index < -0.39 is 10.0 Å². The molecule has 0 spiro atoms. The number of hydrogen-bond acceptors (Lipinski definition) is 3. The van der Waals surface area contributed by atoms with E-state index in [1.165, 1.54) is 0 Å². The number of hydrogen-bond donors (Lipinski definition) is 1. The van der Waals surface area contributed by atoms with Gasteiger partial charge in [0.05, 0.1) is 4.90 Å². The fraction of sp³-hybridized carbons (Fsp3) is 0.600. The van der Waals surface area contributed by atoms with Crippen molar-refractivity contribution in [1.82, 2.24) is 9.62 Å². The van der Waals surface area contributed by atoms with Crippen molar-refractivity contribution >= 4 is 21.6 Å². The summed E-state index contributed by atoms with van der Waals surface area (Å²) in [6.45, 7) is 4.00. The van der Waals surface area contributed by atoms with Gasteiger partial charge in [-0.15, -0.1) is 0 Å². The molecule has 0 amide bonds. The minimum absolute atomic E-state index is 0.376. The van der Waals surface area contributed by atoms with Gasteiger partial charge < -0.3 is 5.32 Å². The molecule has 21 heavy (non-hydrogen) atoms. The van der Waals surface area contributed by atoms with Crippen molar-refractivity contribution in [2.24, 2.45) is 5.92 Å². The van der Waals surface area contributed by atoms with Gasteiger partial charge in [0.1, 0.15) is 0 Å². The second-order valence-electron chi connectivity index (χ2n) is 5.65. The van der Waals surface area contributed by atoms with Crippen LogP contribution in [0.5, 0.6) is 0 Å². The lowest BCUT2D eigenvalue weighted by atomic mass is 9.95. The number of nitrogens with one attached hydrogen (secondary N) is 1. The summed E-state index contributed by atoms with van der Waals surface area (Å²) in [5.41, 5.74) is 0.708. The molecular formula is C15H23ClN2O2S. The molecule has 1 aromatic carbocycles. The van der Waals surface area contributed by atoms with Crippen LogP contribution < -0.4 is 5.32 Å². The van der Waals surface area contributed by atoms with E-state index in [0.29, 0.717) is 34.5 Å². The zero-order valence-corrected chi connectivity index (χ0v) is 14.2. The largest absolute Gasteiger partial charge is 0.320 e. The molecule has 118 valence electrons. The highest BCUT2D eigenvalue weighted by Crippen LogP contribution is 2.28. The Morgan fingerprint density at radius 3 is 2.57 bits per heavy atom. The molecule has 0 atom stereocenters. The third-order valence-corrected chi connectivity index (χ3v) is 6.42. The Labute approximate surface area is 132 Å². The monoisotopic (exact) mass is 330 g/mol. The highest BCUT2D eigenvalue weighted by atomic mass is 35.5. The average molecular weight is 331 g/mol. The molecule has 6 heteroatoms. The zero-order chi connectivity index (χ0) is 15.5. The molecule has 1 aromatic rings. The maximum Gasteiger partial charge on any atom is 0.243 e. The minimum Gasteiger partial charge on any atom is -0.320 e. The average Bonchev–Trinajstić information content (AvgIpc) is 2.45. The number of aryl methyl sites for hydroxylation is 1. The number of nitrogens with zero attached hydrogens (tertiary/aromatic N) is 1. The smallest absolute Gasteiger partial charge is 0.243 e. The van der Waals surface area contributed by atoms with Gasteiger partial charge in [-0.1, -0.05) is 11.6 Å². The summed E-state index contributed by atoms with van der Waals surface area (Å²) >= 11 is 5.91. The molecule has 0 unspecified atom stereocenters. The molecular weight excluding hydrogens is 308 g/mol. The molecule has 0 aliphatic carbocycles. The van der Waals surface area contributed by atoms with E-state index in [4.69, 9.17) is 11.6 Å². The summed E-state index contributed by atoms with van der Waals surface area (Å²) in [6.07, 6.45) is 2.99. The first-order chi connectivity index (χ1) is 9.95. The van der Waals surface area contributed by atoms with Gasteiger partial charge in [-0.3, -0.25) is 0 Å². The van der Waals surface area contributed by atoms with E-state index in [2.05, 4.69) is 5.32 Å². The fourth-order valence-corrected chi connectivity index (χ4v) is 4.73. The number of halogens is 1. The molecule has 2 rings (SSSR count). The van der Waals surface area contributed by atoms with Crippen LogP contribution in [0.4, 0.5) is 0 Å². The number of sulfonamides is 1. The van der Waals surface area contributed by atoms with Gasteiger partial charge >= 0.3 is 0 Å². The van der Waals surface area contributed by atoms with Gasteiger partial charge in [0.15, 0.2) is 0 Å². The normalized spacial score (nSPS) is 18.0. The van der Waals surface area contributed by atoms with E-state index in [1.54, 1.807) is 29.4 Å². The lowest BCUT2D eigenvalue weighted by molar-refractivity contribution is 0.263. The number of piperidine rings is 1. The number of benzene rings is 1.